The summed E-state index contributed by atoms with van der Waals surface area (Å²) in [6, 6.07) is 1.70. The lowest BCUT2D eigenvalue weighted by Gasteiger charge is -2.11. The summed E-state index contributed by atoms with van der Waals surface area (Å²) >= 11 is 0. The van der Waals surface area contributed by atoms with Gasteiger partial charge in [0.15, 0.2) is 0 Å². The molecule has 1 heterocycles. The lowest BCUT2D eigenvalue weighted by Crippen LogP contribution is -2.11. The van der Waals surface area contributed by atoms with Crippen LogP contribution in [0, 0.1) is 11.3 Å². The molecule has 0 amide bonds. The van der Waals surface area contributed by atoms with Crippen molar-refractivity contribution in [1.82, 2.24) is 15.3 Å². The number of anilines is 1. The highest BCUT2D eigenvalue weighted by Crippen LogP contribution is 2.35. The van der Waals surface area contributed by atoms with Crippen LogP contribution in [0.2, 0.25) is 0 Å². The summed E-state index contributed by atoms with van der Waals surface area (Å²) in [6.07, 6.45) is 6.30. The molecule has 0 aliphatic heterocycles. The zero-order chi connectivity index (χ0) is 12.3. The molecule has 1 aromatic heterocycles. The highest BCUT2D eigenvalue weighted by molar-refractivity contribution is 6.08. The number of hydrogen-bond acceptors (Lipinski definition) is 5. The number of aromatic nitrogens is 2. The monoisotopic (exact) mass is 231 g/mol. The molecule has 0 aromatic carbocycles. The smallest absolute Gasteiger partial charge is 0.127 e. The van der Waals surface area contributed by atoms with E-state index in [-0.39, 0.29) is 0 Å². The van der Waals surface area contributed by atoms with E-state index in [9.17, 15) is 0 Å². The standard InChI is InChI=1S/C12H17N5/c1-15-10(4-8-2-3-8)9(6-13)11-5-12(14)17-7-16-11/h5-8,13,15H,2-4H2,1H3,(H2,14,16,17)/b10-9+,13-6?. The molecule has 4 N–H and O–H groups in total. The molecular weight excluding hydrogens is 214 g/mol. The number of nitrogens with two attached hydrogens (primary N) is 1. The third kappa shape index (κ3) is 2.81. The van der Waals surface area contributed by atoms with Crippen molar-refractivity contribution in [3.63, 3.8) is 0 Å². The van der Waals surface area contributed by atoms with E-state index >= 15 is 0 Å². The van der Waals surface area contributed by atoms with Gasteiger partial charge < -0.3 is 16.5 Å². The average Bonchev–Trinajstić information content (AvgIpc) is 3.13. The fraction of sp³-hybridized carbons (Fsp3) is 0.417. The van der Waals surface area contributed by atoms with Gasteiger partial charge in [-0.05, 0) is 25.2 Å². The second-order valence-electron chi connectivity index (χ2n) is 4.26. The SMILES string of the molecule is CN/C(CC1CC1)=C(\C=N)c1cc(N)ncn1. The Bertz CT molecular complexity index is 448. The fourth-order valence-corrected chi connectivity index (χ4v) is 1.79. The zero-order valence-electron chi connectivity index (χ0n) is 9.90. The molecular formula is C12H17N5. The molecule has 1 aliphatic carbocycles. The predicted octanol–water partition coefficient (Wildman–Crippen LogP) is 1.44. The molecule has 0 unspecified atom stereocenters. The van der Waals surface area contributed by atoms with Crippen molar-refractivity contribution in [2.45, 2.75) is 19.3 Å². The predicted molar refractivity (Wildman–Crippen MR) is 68.5 cm³/mol. The Hall–Kier alpha value is -1.91. The summed E-state index contributed by atoms with van der Waals surface area (Å²) in [5, 5.41) is 10.7. The van der Waals surface area contributed by atoms with Crippen LogP contribution in [0.25, 0.3) is 5.57 Å². The Kier molecular flexibility index (Phi) is 3.37. The first kappa shape index (κ1) is 11.6. The van der Waals surface area contributed by atoms with Gasteiger partial charge in [0.1, 0.15) is 12.1 Å². The van der Waals surface area contributed by atoms with Crippen LogP contribution in [0.4, 0.5) is 5.82 Å². The van der Waals surface area contributed by atoms with Gasteiger partial charge in [-0.15, -0.1) is 0 Å². The molecule has 1 aliphatic rings. The van der Waals surface area contributed by atoms with Crippen LogP contribution in [0.1, 0.15) is 25.0 Å². The summed E-state index contributed by atoms with van der Waals surface area (Å²) in [7, 11) is 1.88. The van der Waals surface area contributed by atoms with Crippen LogP contribution < -0.4 is 11.1 Å². The lowest BCUT2D eigenvalue weighted by molar-refractivity contribution is 0.762. The molecule has 90 valence electrons. The van der Waals surface area contributed by atoms with Crippen molar-refractivity contribution in [2.24, 2.45) is 5.92 Å². The molecule has 1 fully saturated rings. The molecule has 0 bridgehead atoms. The van der Waals surface area contributed by atoms with E-state index in [2.05, 4.69) is 15.3 Å². The summed E-state index contributed by atoms with van der Waals surface area (Å²) in [4.78, 5) is 8.03. The van der Waals surface area contributed by atoms with Crippen molar-refractivity contribution in [2.75, 3.05) is 12.8 Å². The second-order valence-corrected chi connectivity index (χ2v) is 4.26. The summed E-state index contributed by atoms with van der Waals surface area (Å²) in [6.45, 7) is 0. The maximum atomic E-state index is 7.54. The number of nitrogens with one attached hydrogen (secondary N) is 2. The van der Waals surface area contributed by atoms with E-state index in [0.29, 0.717) is 11.5 Å². The van der Waals surface area contributed by atoms with Crippen LogP contribution >= 0.6 is 0 Å². The van der Waals surface area contributed by atoms with Crippen molar-refractivity contribution in [3.05, 3.63) is 23.8 Å². The lowest BCUT2D eigenvalue weighted by atomic mass is 10.1. The van der Waals surface area contributed by atoms with Crippen molar-refractivity contribution >= 4 is 17.6 Å². The number of rotatable bonds is 5. The highest BCUT2D eigenvalue weighted by atomic mass is 14.9. The minimum atomic E-state index is 0.427. The van der Waals surface area contributed by atoms with Crippen molar-refractivity contribution in [1.29, 1.82) is 5.41 Å². The Balaban J connectivity index is 2.34. The first-order valence-electron chi connectivity index (χ1n) is 5.74. The van der Waals surface area contributed by atoms with E-state index in [1.54, 1.807) is 6.07 Å². The van der Waals surface area contributed by atoms with E-state index in [1.165, 1.54) is 25.4 Å². The second kappa shape index (κ2) is 4.95. The Morgan fingerprint density at radius 2 is 2.35 bits per heavy atom. The first-order valence-corrected chi connectivity index (χ1v) is 5.74. The molecule has 0 radical (unpaired) electrons. The number of hydrogen-bond donors (Lipinski definition) is 3. The molecule has 5 nitrogen and oxygen atoms in total. The molecule has 5 heteroatoms. The molecule has 1 saturated carbocycles. The quantitative estimate of drug-likeness (QED) is 0.669. The van der Waals surface area contributed by atoms with E-state index in [4.69, 9.17) is 11.1 Å². The van der Waals surface area contributed by atoms with Gasteiger partial charge in [-0.25, -0.2) is 9.97 Å². The van der Waals surface area contributed by atoms with Crippen molar-refractivity contribution < 1.29 is 0 Å². The van der Waals surface area contributed by atoms with E-state index in [0.717, 1.165) is 23.6 Å². The van der Waals surface area contributed by atoms with Gasteiger partial charge >= 0.3 is 0 Å². The molecule has 0 saturated heterocycles. The maximum Gasteiger partial charge on any atom is 0.127 e. The van der Waals surface area contributed by atoms with Crippen LogP contribution in [0.15, 0.2) is 18.1 Å². The van der Waals surface area contributed by atoms with Gasteiger partial charge in [-0.1, -0.05) is 0 Å². The number of nitrogen functional groups attached to an aromatic ring is 1. The minimum Gasteiger partial charge on any atom is -0.391 e. The average molecular weight is 231 g/mol. The van der Waals surface area contributed by atoms with Crippen LogP contribution in [0.5, 0.6) is 0 Å². The highest BCUT2D eigenvalue weighted by Gasteiger charge is 2.23. The van der Waals surface area contributed by atoms with Gasteiger partial charge in [0, 0.05) is 30.6 Å². The Labute approximate surface area is 101 Å². The number of allylic oxidation sites excluding steroid dienone is 2. The van der Waals surface area contributed by atoms with E-state index in [1.807, 2.05) is 7.05 Å². The molecule has 1 aromatic rings. The van der Waals surface area contributed by atoms with E-state index < -0.39 is 0 Å². The van der Waals surface area contributed by atoms with Crippen LogP contribution in [-0.4, -0.2) is 23.2 Å². The Morgan fingerprint density at radius 1 is 1.59 bits per heavy atom. The normalized spacial score (nSPS) is 16.3. The van der Waals surface area contributed by atoms with Gasteiger partial charge in [0.05, 0.1) is 5.69 Å². The fourth-order valence-electron chi connectivity index (χ4n) is 1.79. The molecule has 0 spiro atoms. The first-order chi connectivity index (χ1) is 8.24. The van der Waals surface area contributed by atoms with Gasteiger partial charge in [0.25, 0.3) is 0 Å². The Morgan fingerprint density at radius 3 is 2.88 bits per heavy atom. The van der Waals surface area contributed by atoms with Gasteiger partial charge in [-0.2, -0.15) is 0 Å². The molecule has 0 atom stereocenters. The summed E-state index contributed by atoms with van der Waals surface area (Å²) in [5.74, 6) is 1.18. The zero-order valence-corrected chi connectivity index (χ0v) is 9.90. The largest absolute Gasteiger partial charge is 0.391 e. The van der Waals surface area contributed by atoms with Crippen LogP contribution in [0.3, 0.4) is 0 Å². The van der Waals surface area contributed by atoms with Crippen LogP contribution in [-0.2, 0) is 0 Å². The molecule has 2 rings (SSSR count). The third-order valence-electron chi connectivity index (χ3n) is 2.93. The summed E-state index contributed by atoms with van der Waals surface area (Å²) < 4.78 is 0. The van der Waals surface area contributed by atoms with Gasteiger partial charge in [-0.3, -0.25) is 0 Å². The topological polar surface area (TPSA) is 87.7 Å². The van der Waals surface area contributed by atoms with Crippen molar-refractivity contribution in [3.8, 4) is 0 Å². The summed E-state index contributed by atoms with van der Waals surface area (Å²) in [5.41, 5.74) is 8.20. The minimum absolute atomic E-state index is 0.427. The third-order valence-corrected chi connectivity index (χ3v) is 2.93. The maximum absolute atomic E-state index is 7.54. The molecule has 17 heavy (non-hydrogen) atoms. The number of nitrogens with zero attached hydrogens (tertiary/aromatic N) is 2. The van der Waals surface area contributed by atoms with Gasteiger partial charge in [0.2, 0.25) is 0 Å².